The second-order valence-electron chi connectivity index (χ2n) is 5.09. The molecule has 0 saturated carbocycles. The SMILES string of the molecule is NC(c1ccc2c(c1)CCC(=O)N2)c1cccc(Cl)c1Cl. The molecule has 1 unspecified atom stereocenters. The second-order valence-corrected chi connectivity index (χ2v) is 5.87. The number of benzene rings is 2. The van der Waals surface area contributed by atoms with Crippen molar-refractivity contribution in [3.8, 4) is 0 Å². The highest BCUT2D eigenvalue weighted by molar-refractivity contribution is 6.42. The molecule has 1 atom stereocenters. The van der Waals surface area contributed by atoms with Gasteiger partial charge in [-0.25, -0.2) is 0 Å². The quantitative estimate of drug-likeness (QED) is 0.880. The van der Waals surface area contributed by atoms with Crippen LogP contribution >= 0.6 is 23.2 Å². The van der Waals surface area contributed by atoms with Crippen molar-refractivity contribution in [3.05, 3.63) is 63.1 Å². The van der Waals surface area contributed by atoms with Gasteiger partial charge in [0, 0.05) is 12.1 Å². The van der Waals surface area contributed by atoms with Crippen LogP contribution in [0.25, 0.3) is 0 Å². The van der Waals surface area contributed by atoms with Crippen LogP contribution in [0.3, 0.4) is 0 Å². The first-order valence-corrected chi connectivity index (χ1v) is 7.44. The van der Waals surface area contributed by atoms with Crippen molar-refractivity contribution >= 4 is 34.8 Å². The molecule has 0 aliphatic carbocycles. The van der Waals surface area contributed by atoms with Crippen molar-refractivity contribution in [2.24, 2.45) is 5.73 Å². The van der Waals surface area contributed by atoms with Crippen LogP contribution in [0.4, 0.5) is 5.69 Å². The molecule has 1 heterocycles. The maximum atomic E-state index is 11.4. The normalized spacial score (nSPS) is 15.3. The molecule has 0 aromatic heterocycles. The molecule has 1 amide bonds. The Balaban J connectivity index is 1.97. The lowest BCUT2D eigenvalue weighted by atomic mass is 9.94. The van der Waals surface area contributed by atoms with Crippen LogP contribution in [0.1, 0.15) is 29.2 Å². The van der Waals surface area contributed by atoms with E-state index < -0.39 is 0 Å². The van der Waals surface area contributed by atoms with Gasteiger partial charge in [-0.2, -0.15) is 0 Å². The summed E-state index contributed by atoms with van der Waals surface area (Å²) in [6, 6.07) is 10.9. The first-order valence-electron chi connectivity index (χ1n) is 6.68. The van der Waals surface area contributed by atoms with Gasteiger partial charge in [-0.05, 0) is 35.2 Å². The topological polar surface area (TPSA) is 55.1 Å². The van der Waals surface area contributed by atoms with Crippen LogP contribution in [-0.4, -0.2) is 5.91 Å². The Morgan fingerprint density at radius 3 is 2.76 bits per heavy atom. The van der Waals surface area contributed by atoms with E-state index in [1.807, 2.05) is 30.3 Å². The average Bonchev–Trinajstić information content (AvgIpc) is 2.49. The average molecular weight is 321 g/mol. The van der Waals surface area contributed by atoms with E-state index in [1.54, 1.807) is 6.07 Å². The van der Waals surface area contributed by atoms with E-state index in [4.69, 9.17) is 28.9 Å². The minimum Gasteiger partial charge on any atom is -0.326 e. The van der Waals surface area contributed by atoms with Crippen LogP contribution in [0.2, 0.25) is 10.0 Å². The van der Waals surface area contributed by atoms with Gasteiger partial charge in [0.2, 0.25) is 5.91 Å². The Morgan fingerprint density at radius 2 is 1.95 bits per heavy atom. The smallest absolute Gasteiger partial charge is 0.224 e. The Hall–Kier alpha value is -1.55. The molecule has 0 bridgehead atoms. The fraction of sp³-hybridized carbons (Fsp3) is 0.188. The number of nitrogens with two attached hydrogens (primary N) is 1. The lowest BCUT2D eigenvalue weighted by Crippen LogP contribution is -2.20. The number of fused-ring (bicyclic) bond motifs is 1. The Bertz CT molecular complexity index is 715. The number of anilines is 1. The number of carbonyl (C=O) groups excluding carboxylic acids is 1. The van der Waals surface area contributed by atoms with Gasteiger partial charge in [-0.15, -0.1) is 0 Å². The van der Waals surface area contributed by atoms with E-state index in [9.17, 15) is 4.79 Å². The van der Waals surface area contributed by atoms with Crippen molar-refractivity contribution in [3.63, 3.8) is 0 Å². The predicted octanol–water partition coefficient (Wildman–Crippen LogP) is 3.93. The second kappa shape index (κ2) is 5.68. The van der Waals surface area contributed by atoms with E-state index in [0.717, 1.165) is 28.8 Å². The minimum atomic E-state index is -0.348. The zero-order chi connectivity index (χ0) is 15.0. The first kappa shape index (κ1) is 14.4. The molecule has 0 radical (unpaired) electrons. The van der Waals surface area contributed by atoms with Gasteiger partial charge < -0.3 is 11.1 Å². The number of amides is 1. The van der Waals surface area contributed by atoms with Gasteiger partial charge in [0.15, 0.2) is 0 Å². The zero-order valence-corrected chi connectivity index (χ0v) is 12.7. The molecule has 0 fully saturated rings. The summed E-state index contributed by atoms with van der Waals surface area (Å²) in [6.45, 7) is 0. The number of nitrogens with one attached hydrogen (secondary N) is 1. The van der Waals surface area contributed by atoms with Gasteiger partial charge in [0.25, 0.3) is 0 Å². The van der Waals surface area contributed by atoms with Gasteiger partial charge in [-0.1, -0.05) is 47.5 Å². The molecule has 2 aromatic rings. The van der Waals surface area contributed by atoms with Gasteiger partial charge in [0.1, 0.15) is 0 Å². The maximum absolute atomic E-state index is 11.4. The predicted molar refractivity (Wildman–Crippen MR) is 85.9 cm³/mol. The standard InChI is InChI=1S/C16H14Cl2N2O/c17-12-3-1-2-11(15(12)18)16(19)10-4-6-13-9(8-10)5-7-14(21)20-13/h1-4,6,8,16H,5,7,19H2,(H,20,21). The first-order chi connectivity index (χ1) is 10.1. The van der Waals surface area contributed by atoms with Crippen molar-refractivity contribution in [2.75, 3.05) is 5.32 Å². The third kappa shape index (κ3) is 2.77. The van der Waals surface area contributed by atoms with Crippen molar-refractivity contribution in [2.45, 2.75) is 18.9 Å². The van der Waals surface area contributed by atoms with E-state index in [0.29, 0.717) is 16.5 Å². The third-order valence-electron chi connectivity index (χ3n) is 3.70. The highest BCUT2D eigenvalue weighted by Crippen LogP contribution is 2.33. The van der Waals surface area contributed by atoms with Crippen LogP contribution in [0.15, 0.2) is 36.4 Å². The number of hydrogen-bond donors (Lipinski definition) is 2. The molecule has 108 valence electrons. The molecule has 2 aromatic carbocycles. The van der Waals surface area contributed by atoms with Crippen molar-refractivity contribution in [1.82, 2.24) is 0 Å². The minimum absolute atomic E-state index is 0.0532. The maximum Gasteiger partial charge on any atom is 0.224 e. The largest absolute Gasteiger partial charge is 0.326 e. The fourth-order valence-electron chi connectivity index (χ4n) is 2.54. The monoisotopic (exact) mass is 320 g/mol. The van der Waals surface area contributed by atoms with Crippen LogP contribution in [0, 0.1) is 0 Å². The van der Waals surface area contributed by atoms with Crippen LogP contribution in [0.5, 0.6) is 0 Å². The highest BCUT2D eigenvalue weighted by atomic mass is 35.5. The zero-order valence-electron chi connectivity index (χ0n) is 11.2. The highest BCUT2D eigenvalue weighted by Gasteiger charge is 2.19. The molecule has 0 spiro atoms. The fourth-order valence-corrected chi connectivity index (χ4v) is 2.96. The Morgan fingerprint density at radius 1 is 1.14 bits per heavy atom. The van der Waals surface area contributed by atoms with Crippen LogP contribution < -0.4 is 11.1 Å². The number of rotatable bonds is 2. The summed E-state index contributed by atoms with van der Waals surface area (Å²) in [5, 5.41) is 3.84. The molecule has 3 rings (SSSR count). The number of hydrogen-bond acceptors (Lipinski definition) is 2. The number of carbonyl (C=O) groups is 1. The number of halogens is 2. The molecular formula is C16H14Cl2N2O. The van der Waals surface area contributed by atoms with E-state index in [1.165, 1.54) is 0 Å². The van der Waals surface area contributed by atoms with Crippen molar-refractivity contribution < 1.29 is 4.79 Å². The molecule has 0 saturated heterocycles. The third-order valence-corrected chi connectivity index (χ3v) is 4.53. The van der Waals surface area contributed by atoms with E-state index in [2.05, 4.69) is 5.32 Å². The summed E-state index contributed by atoms with van der Waals surface area (Å²) in [5.74, 6) is 0.0532. The molecule has 5 heteroatoms. The molecule has 1 aliphatic heterocycles. The van der Waals surface area contributed by atoms with Crippen molar-refractivity contribution in [1.29, 1.82) is 0 Å². The Labute approximate surface area is 133 Å². The number of aryl methyl sites for hydroxylation is 1. The summed E-state index contributed by atoms with van der Waals surface area (Å²) in [5.41, 5.74) is 10.0. The van der Waals surface area contributed by atoms with E-state index >= 15 is 0 Å². The molecule has 3 N–H and O–H groups in total. The lowest BCUT2D eigenvalue weighted by molar-refractivity contribution is -0.116. The summed E-state index contributed by atoms with van der Waals surface area (Å²) < 4.78 is 0. The molecular weight excluding hydrogens is 307 g/mol. The summed E-state index contributed by atoms with van der Waals surface area (Å²) >= 11 is 12.3. The molecule has 1 aliphatic rings. The Kier molecular flexibility index (Phi) is 3.89. The summed E-state index contributed by atoms with van der Waals surface area (Å²) in [7, 11) is 0. The molecule has 21 heavy (non-hydrogen) atoms. The summed E-state index contributed by atoms with van der Waals surface area (Å²) in [4.78, 5) is 11.4. The van der Waals surface area contributed by atoms with Crippen LogP contribution in [-0.2, 0) is 11.2 Å². The van der Waals surface area contributed by atoms with E-state index in [-0.39, 0.29) is 11.9 Å². The van der Waals surface area contributed by atoms with Gasteiger partial charge in [0.05, 0.1) is 16.1 Å². The summed E-state index contributed by atoms with van der Waals surface area (Å²) in [6.07, 6.45) is 1.23. The van der Waals surface area contributed by atoms with Gasteiger partial charge in [-0.3, -0.25) is 4.79 Å². The molecule has 3 nitrogen and oxygen atoms in total. The lowest BCUT2D eigenvalue weighted by Gasteiger charge is -2.20. The van der Waals surface area contributed by atoms with Gasteiger partial charge >= 0.3 is 0 Å².